The molecule has 1 heterocycles. The van der Waals surface area contributed by atoms with Gasteiger partial charge in [-0.25, -0.2) is 9.97 Å². The minimum absolute atomic E-state index is 0.133. The van der Waals surface area contributed by atoms with Gasteiger partial charge in [0.1, 0.15) is 5.82 Å². The number of anilines is 1. The molecule has 4 aliphatic rings. The Labute approximate surface area is 123 Å². The lowest BCUT2D eigenvalue weighted by molar-refractivity contribution is -0.132. The molecule has 4 aliphatic carbocycles. The van der Waals surface area contributed by atoms with E-state index in [2.05, 4.69) is 15.3 Å². The molecule has 1 aromatic rings. The molecular weight excluding hydrogens is 274 g/mol. The average molecular weight is 292 g/mol. The van der Waals surface area contributed by atoms with Crippen molar-refractivity contribution in [3.8, 4) is 0 Å². The highest BCUT2D eigenvalue weighted by Crippen LogP contribution is 2.56. The first-order valence-corrected chi connectivity index (χ1v) is 7.86. The lowest BCUT2D eigenvalue weighted by atomic mass is 9.51. The van der Waals surface area contributed by atoms with E-state index >= 15 is 0 Å². The van der Waals surface area contributed by atoms with Crippen LogP contribution in [0.2, 0.25) is 5.28 Å². The summed E-state index contributed by atoms with van der Waals surface area (Å²) in [7, 11) is 0. The monoisotopic (exact) mass is 291 g/mol. The molecule has 0 spiro atoms. The van der Waals surface area contributed by atoms with Gasteiger partial charge >= 0.3 is 0 Å². The summed E-state index contributed by atoms with van der Waals surface area (Å²) in [6.07, 6.45) is 7.96. The standard InChI is InChI=1S/C15H18ClN3O/c16-15-17-2-1-12(19-15)18-14(20)13-10-4-8-3-9(6-10)7-11(13)5-8/h1-2,8-11,13H,3-7H2,(H,17,18,19,20). The van der Waals surface area contributed by atoms with Crippen LogP contribution in [0.25, 0.3) is 0 Å². The summed E-state index contributed by atoms with van der Waals surface area (Å²) >= 11 is 5.76. The van der Waals surface area contributed by atoms with Crippen molar-refractivity contribution < 1.29 is 4.79 Å². The number of hydrogen-bond acceptors (Lipinski definition) is 3. The van der Waals surface area contributed by atoms with Gasteiger partial charge in [0.15, 0.2) is 0 Å². The summed E-state index contributed by atoms with van der Waals surface area (Å²) in [4.78, 5) is 20.5. The molecule has 4 nitrogen and oxygen atoms in total. The van der Waals surface area contributed by atoms with Crippen molar-refractivity contribution in [3.05, 3.63) is 17.5 Å². The predicted octanol–water partition coefficient (Wildman–Crippen LogP) is 3.14. The van der Waals surface area contributed by atoms with Crippen LogP contribution in [0.5, 0.6) is 0 Å². The molecule has 4 saturated carbocycles. The third kappa shape index (κ3) is 2.10. The highest BCUT2D eigenvalue weighted by molar-refractivity contribution is 6.28. The second-order valence-corrected chi connectivity index (χ2v) is 6.99. The summed E-state index contributed by atoms with van der Waals surface area (Å²) in [5, 5.41) is 3.11. The van der Waals surface area contributed by atoms with E-state index in [9.17, 15) is 4.79 Å². The molecule has 20 heavy (non-hydrogen) atoms. The minimum atomic E-state index is 0.133. The fraction of sp³-hybridized carbons (Fsp3) is 0.667. The van der Waals surface area contributed by atoms with E-state index in [0.29, 0.717) is 17.7 Å². The summed E-state index contributed by atoms with van der Waals surface area (Å²) in [6, 6.07) is 1.69. The van der Waals surface area contributed by atoms with Crippen LogP contribution in [-0.2, 0) is 4.79 Å². The highest BCUT2D eigenvalue weighted by Gasteiger charge is 2.50. The van der Waals surface area contributed by atoms with Gasteiger partial charge in [0.25, 0.3) is 0 Å². The van der Waals surface area contributed by atoms with E-state index in [1.54, 1.807) is 12.3 Å². The molecule has 0 radical (unpaired) electrons. The minimum Gasteiger partial charge on any atom is -0.310 e. The Morgan fingerprint density at radius 1 is 1.15 bits per heavy atom. The molecule has 1 amide bonds. The quantitative estimate of drug-likeness (QED) is 0.852. The van der Waals surface area contributed by atoms with Crippen molar-refractivity contribution in [1.29, 1.82) is 0 Å². The summed E-state index contributed by atoms with van der Waals surface area (Å²) in [5.41, 5.74) is 0. The number of carbonyl (C=O) groups excluding carboxylic acids is 1. The van der Waals surface area contributed by atoms with Gasteiger partial charge in [-0.3, -0.25) is 4.79 Å². The highest BCUT2D eigenvalue weighted by atomic mass is 35.5. The number of halogens is 1. The fourth-order valence-corrected chi connectivity index (χ4v) is 5.11. The molecule has 0 aliphatic heterocycles. The smallest absolute Gasteiger partial charge is 0.229 e. The van der Waals surface area contributed by atoms with E-state index in [4.69, 9.17) is 11.6 Å². The molecule has 106 valence electrons. The van der Waals surface area contributed by atoms with Crippen LogP contribution in [-0.4, -0.2) is 15.9 Å². The number of aromatic nitrogens is 2. The van der Waals surface area contributed by atoms with Crippen molar-refractivity contribution in [2.24, 2.45) is 29.6 Å². The largest absolute Gasteiger partial charge is 0.310 e. The van der Waals surface area contributed by atoms with Gasteiger partial charge < -0.3 is 5.32 Å². The number of nitrogens with zero attached hydrogens (tertiary/aromatic N) is 2. The molecule has 4 fully saturated rings. The number of nitrogens with one attached hydrogen (secondary N) is 1. The van der Waals surface area contributed by atoms with Crippen LogP contribution in [0, 0.1) is 29.6 Å². The van der Waals surface area contributed by atoms with Crippen LogP contribution in [0.15, 0.2) is 12.3 Å². The van der Waals surface area contributed by atoms with Crippen LogP contribution in [0.4, 0.5) is 5.82 Å². The molecular formula is C15H18ClN3O. The molecule has 0 unspecified atom stereocenters. The van der Waals surface area contributed by atoms with Crippen molar-refractivity contribution in [2.75, 3.05) is 5.32 Å². The van der Waals surface area contributed by atoms with E-state index in [1.165, 1.54) is 32.1 Å². The lowest BCUT2D eigenvalue weighted by Gasteiger charge is -2.53. The number of amides is 1. The molecule has 5 heteroatoms. The van der Waals surface area contributed by atoms with Crippen LogP contribution in [0.1, 0.15) is 32.1 Å². The van der Waals surface area contributed by atoms with Crippen molar-refractivity contribution >= 4 is 23.3 Å². The topological polar surface area (TPSA) is 54.9 Å². The van der Waals surface area contributed by atoms with Crippen molar-refractivity contribution in [2.45, 2.75) is 32.1 Å². The molecule has 4 bridgehead atoms. The van der Waals surface area contributed by atoms with Gasteiger partial charge in [-0.05, 0) is 73.4 Å². The Kier molecular flexibility index (Phi) is 2.95. The Balaban J connectivity index is 1.51. The molecule has 1 N–H and O–H groups in total. The van der Waals surface area contributed by atoms with E-state index in [-0.39, 0.29) is 17.1 Å². The first-order chi connectivity index (χ1) is 9.69. The molecule has 0 atom stereocenters. The fourth-order valence-electron chi connectivity index (χ4n) is 4.97. The maximum absolute atomic E-state index is 12.6. The predicted molar refractivity (Wildman–Crippen MR) is 76.2 cm³/mol. The van der Waals surface area contributed by atoms with Gasteiger partial charge in [-0.15, -0.1) is 0 Å². The van der Waals surface area contributed by atoms with Crippen molar-refractivity contribution in [3.63, 3.8) is 0 Å². The zero-order valence-electron chi connectivity index (χ0n) is 11.3. The van der Waals surface area contributed by atoms with Gasteiger partial charge in [0.2, 0.25) is 11.2 Å². The molecule has 0 saturated heterocycles. The second-order valence-electron chi connectivity index (χ2n) is 6.66. The van der Waals surface area contributed by atoms with Gasteiger partial charge in [-0.1, -0.05) is 0 Å². The zero-order valence-corrected chi connectivity index (χ0v) is 12.0. The summed E-state index contributed by atoms with van der Waals surface area (Å²) in [6.45, 7) is 0. The third-order valence-corrected chi connectivity index (χ3v) is 5.59. The van der Waals surface area contributed by atoms with Gasteiger partial charge in [0.05, 0.1) is 0 Å². The van der Waals surface area contributed by atoms with Gasteiger partial charge in [-0.2, -0.15) is 0 Å². The molecule has 0 aromatic carbocycles. The SMILES string of the molecule is O=C(Nc1ccnc(Cl)n1)C1C2CC3CC(C2)CC1C3. The summed E-state index contributed by atoms with van der Waals surface area (Å²) in [5.74, 6) is 3.77. The molecule has 1 aromatic heterocycles. The summed E-state index contributed by atoms with van der Waals surface area (Å²) < 4.78 is 0. The van der Waals surface area contributed by atoms with E-state index in [1.807, 2.05) is 0 Å². The normalized spacial score (nSPS) is 38.0. The zero-order chi connectivity index (χ0) is 13.7. The number of rotatable bonds is 2. The maximum Gasteiger partial charge on any atom is 0.229 e. The average Bonchev–Trinajstić information content (AvgIpc) is 2.37. The second kappa shape index (κ2) is 4.69. The first-order valence-electron chi connectivity index (χ1n) is 7.48. The van der Waals surface area contributed by atoms with Crippen LogP contribution in [0.3, 0.4) is 0 Å². The van der Waals surface area contributed by atoms with Crippen LogP contribution >= 0.6 is 11.6 Å². The van der Waals surface area contributed by atoms with Crippen LogP contribution < -0.4 is 5.32 Å². The van der Waals surface area contributed by atoms with Gasteiger partial charge in [0, 0.05) is 12.1 Å². The number of carbonyl (C=O) groups is 1. The van der Waals surface area contributed by atoms with E-state index < -0.39 is 0 Å². The molecule has 5 rings (SSSR count). The Morgan fingerprint density at radius 3 is 2.40 bits per heavy atom. The third-order valence-electron chi connectivity index (χ3n) is 5.41. The van der Waals surface area contributed by atoms with Crippen molar-refractivity contribution in [1.82, 2.24) is 9.97 Å². The Hall–Kier alpha value is -1.16. The Morgan fingerprint density at radius 2 is 1.80 bits per heavy atom. The lowest BCUT2D eigenvalue weighted by Crippen LogP contribution is -2.49. The number of hydrogen-bond donors (Lipinski definition) is 1. The first kappa shape index (κ1) is 12.6. The van der Waals surface area contributed by atoms with E-state index in [0.717, 1.165) is 11.8 Å². The Bertz CT molecular complexity index is 520. The maximum atomic E-state index is 12.6.